The van der Waals surface area contributed by atoms with Gasteiger partial charge in [0.25, 0.3) is 0 Å². The van der Waals surface area contributed by atoms with Gasteiger partial charge in [-0.15, -0.1) is 0 Å². The molecular formula is C17H11BrF2N2O3. The highest BCUT2D eigenvalue weighted by atomic mass is 79.9. The van der Waals surface area contributed by atoms with Crippen molar-refractivity contribution in [2.45, 2.75) is 0 Å². The third-order valence-corrected chi connectivity index (χ3v) is 4.14. The van der Waals surface area contributed by atoms with Crippen LogP contribution in [0.25, 0.3) is 22.3 Å². The molecule has 3 rings (SSSR count). The van der Waals surface area contributed by atoms with E-state index in [1.54, 1.807) is 6.07 Å². The monoisotopic (exact) mass is 408 g/mol. The van der Waals surface area contributed by atoms with E-state index in [4.69, 9.17) is 9.47 Å². The van der Waals surface area contributed by atoms with E-state index in [0.717, 1.165) is 12.1 Å². The molecule has 0 saturated heterocycles. The van der Waals surface area contributed by atoms with Crippen LogP contribution in [0, 0.1) is 11.6 Å². The Morgan fingerprint density at radius 2 is 1.92 bits per heavy atom. The summed E-state index contributed by atoms with van der Waals surface area (Å²) in [6.07, 6.45) is 1.41. The van der Waals surface area contributed by atoms with Crippen LogP contribution in [-0.2, 0) is 4.74 Å². The standard InChI is InChI=1S/C17H11BrF2N2O3/c1-24-16-9(18)6-12-15(14(16)17(23)25-2)22-13(7-21-12)8-3-4-10(19)11(20)5-8/h3-7H,1-2H3. The van der Waals surface area contributed by atoms with Crippen LogP contribution >= 0.6 is 15.9 Å². The number of hydrogen-bond donors (Lipinski definition) is 0. The van der Waals surface area contributed by atoms with Crippen molar-refractivity contribution in [3.05, 3.63) is 52.1 Å². The minimum Gasteiger partial charge on any atom is -0.495 e. The molecule has 1 aromatic heterocycles. The Labute approximate surface area is 149 Å². The first-order chi connectivity index (χ1) is 12.0. The maximum atomic E-state index is 13.5. The van der Waals surface area contributed by atoms with Crippen molar-refractivity contribution in [3.63, 3.8) is 0 Å². The van der Waals surface area contributed by atoms with E-state index in [2.05, 4.69) is 25.9 Å². The van der Waals surface area contributed by atoms with Crippen LogP contribution in [0.1, 0.15) is 10.4 Å². The van der Waals surface area contributed by atoms with Crippen LogP contribution in [0.5, 0.6) is 5.75 Å². The molecule has 0 aliphatic rings. The van der Waals surface area contributed by atoms with Gasteiger partial charge in [-0.2, -0.15) is 0 Å². The lowest BCUT2D eigenvalue weighted by Crippen LogP contribution is -2.07. The summed E-state index contributed by atoms with van der Waals surface area (Å²) in [4.78, 5) is 20.8. The molecule has 8 heteroatoms. The van der Waals surface area contributed by atoms with Gasteiger partial charge in [0.1, 0.15) is 16.8 Å². The number of rotatable bonds is 3. The first-order valence-corrected chi connectivity index (χ1v) is 7.82. The van der Waals surface area contributed by atoms with Crippen molar-refractivity contribution in [2.24, 2.45) is 0 Å². The van der Waals surface area contributed by atoms with Gasteiger partial charge in [-0.25, -0.2) is 18.6 Å². The molecule has 0 atom stereocenters. The first kappa shape index (κ1) is 17.2. The molecule has 0 aliphatic carbocycles. The number of esters is 1. The molecule has 0 fully saturated rings. The molecule has 128 valence electrons. The zero-order chi connectivity index (χ0) is 18.1. The van der Waals surface area contributed by atoms with Crippen molar-refractivity contribution in [1.82, 2.24) is 9.97 Å². The van der Waals surface area contributed by atoms with Gasteiger partial charge in [0, 0.05) is 5.56 Å². The highest BCUT2D eigenvalue weighted by Crippen LogP contribution is 2.35. The third kappa shape index (κ3) is 3.05. The van der Waals surface area contributed by atoms with Gasteiger partial charge in [0.2, 0.25) is 0 Å². The Morgan fingerprint density at radius 1 is 1.16 bits per heavy atom. The molecule has 25 heavy (non-hydrogen) atoms. The Balaban J connectivity index is 2.30. The zero-order valence-electron chi connectivity index (χ0n) is 13.1. The van der Waals surface area contributed by atoms with Gasteiger partial charge in [0.05, 0.1) is 36.1 Å². The number of halogens is 3. The van der Waals surface area contributed by atoms with E-state index >= 15 is 0 Å². The summed E-state index contributed by atoms with van der Waals surface area (Å²) in [6.45, 7) is 0. The van der Waals surface area contributed by atoms with Gasteiger partial charge in [-0.1, -0.05) is 0 Å². The number of ether oxygens (including phenoxy) is 2. The van der Waals surface area contributed by atoms with Crippen LogP contribution in [0.4, 0.5) is 8.78 Å². The van der Waals surface area contributed by atoms with Crippen molar-refractivity contribution in [2.75, 3.05) is 14.2 Å². The van der Waals surface area contributed by atoms with Crippen molar-refractivity contribution < 1.29 is 23.0 Å². The maximum Gasteiger partial charge on any atom is 0.344 e. The molecule has 0 unspecified atom stereocenters. The van der Waals surface area contributed by atoms with E-state index in [1.807, 2.05) is 0 Å². The number of carbonyl (C=O) groups is 1. The van der Waals surface area contributed by atoms with Gasteiger partial charge >= 0.3 is 5.97 Å². The Bertz CT molecular complexity index is 995. The van der Waals surface area contributed by atoms with Gasteiger partial charge in [-0.3, -0.25) is 4.98 Å². The zero-order valence-corrected chi connectivity index (χ0v) is 14.7. The van der Waals surface area contributed by atoms with Crippen molar-refractivity contribution >= 4 is 32.9 Å². The van der Waals surface area contributed by atoms with E-state index in [0.29, 0.717) is 15.6 Å². The van der Waals surface area contributed by atoms with Crippen LogP contribution in [0.3, 0.4) is 0 Å². The SMILES string of the molecule is COC(=O)c1c(OC)c(Br)cc2ncc(-c3ccc(F)c(F)c3)nc12. The fourth-order valence-electron chi connectivity index (χ4n) is 2.39. The fraction of sp³-hybridized carbons (Fsp3) is 0.118. The van der Waals surface area contributed by atoms with Crippen LogP contribution < -0.4 is 4.74 Å². The summed E-state index contributed by atoms with van der Waals surface area (Å²) in [5, 5.41) is 0. The quantitative estimate of drug-likeness (QED) is 0.609. The summed E-state index contributed by atoms with van der Waals surface area (Å²) < 4.78 is 37.2. The average Bonchev–Trinajstić information content (AvgIpc) is 2.61. The predicted octanol–water partition coefficient (Wildman–Crippen LogP) is 4.13. The van der Waals surface area contributed by atoms with E-state index in [-0.39, 0.29) is 22.5 Å². The molecule has 1 heterocycles. The second kappa shape index (κ2) is 6.72. The smallest absolute Gasteiger partial charge is 0.344 e. The molecule has 5 nitrogen and oxygen atoms in total. The lowest BCUT2D eigenvalue weighted by Gasteiger charge is -2.12. The molecule has 0 saturated carbocycles. The van der Waals surface area contributed by atoms with E-state index in [9.17, 15) is 13.6 Å². The van der Waals surface area contributed by atoms with E-state index in [1.165, 1.54) is 26.5 Å². The first-order valence-electron chi connectivity index (χ1n) is 7.03. The molecule has 3 aromatic rings. The highest BCUT2D eigenvalue weighted by Gasteiger charge is 2.22. The molecule has 0 radical (unpaired) electrons. The second-order valence-electron chi connectivity index (χ2n) is 5.01. The third-order valence-electron chi connectivity index (χ3n) is 3.55. The number of carbonyl (C=O) groups excluding carboxylic acids is 1. The largest absolute Gasteiger partial charge is 0.495 e. The van der Waals surface area contributed by atoms with Crippen LogP contribution in [0.15, 0.2) is 34.9 Å². The van der Waals surface area contributed by atoms with E-state index < -0.39 is 17.6 Å². The molecule has 2 aromatic carbocycles. The second-order valence-corrected chi connectivity index (χ2v) is 5.86. The van der Waals surface area contributed by atoms with Crippen molar-refractivity contribution in [3.8, 4) is 17.0 Å². The molecule has 0 amide bonds. The fourth-order valence-corrected chi connectivity index (χ4v) is 2.96. The number of fused-ring (bicyclic) bond motifs is 1. The van der Waals surface area contributed by atoms with Crippen LogP contribution in [-0.4, -0.2) is 30.2 Å². The topological polar surface area (TPSA) is 61.3 Å². The molecule has 0 aliphatic heterocycles. The summed E-state index contributed by atoms with van der Waals surface area (Å²) in [6, 6.07) is 5.03. The normalized spacial score (nSPS) is 10.8. The number of methoxy groups -OCH3 is 2. The Kier molecular flexibility index (Phi) is 4.63. The average molecular weight is 409 g/mol. The number of hydrogen-bond acceptors (Lipinski definition) is 5. The summed E-state index contributed by atoms with van der Waals surface area (Å²) in [5.74, 6) is -2.37. The van der Waals surface area contributed by atoms with Gasteiger partial charge < -0.3 is 9.47 Å². The molecule has 0 spiro atoms. The minimum atomic E-state index is -0.999. The number of benzene rings is 2. The lowest BCUT2D eigenvalue weighted by molar-refractivity contribution is 0.0599. The minimum absolute atomic E-state index is 0.0892. The predicted molar refractivity (Wildman–Crippen MR) is 90.5 cm³/mol. The highest BCUT2D eigenvalue weighted by molar-refractivity contribution is 9.10. The summed E-state index contributed by atoms with van der Waals surface area (Å²) in [7, 11) is 2.64. The lowest BCUT2D eigenvalue weighted by atomic mass is 10.1. The number of aromatic nitrogens is 2. The molecular weight excluding hydrogens is 398 g/mol. The maximum absolute atomic E-state index is 13.5. The van der Waals surface area contributed by atoms with Gasteiger partial charge in [0.15, 0.2) is 11.6 Å². The summed E-state index contributed by atoms with van der Waals surface area (Å²) >= 11 is 3.32. The molecule has 0 N–H and O–H groups in total. The summed E-state index contributed by atoms with van der Waals surface area (Å²) in [5.41, 5.74) is 1.34. The molecule has 0 bridgehead atoms. The Hall–Kier alpha value is -2.61. The Morgan fingerprint density at radius 3 is 2.56 bits per heavy atom. The van der Waals surface area contributed by atoms with Gasteiger partial charge in [-0.05, 0) is 40.2 Å². The van der Waals surface area contributed by atoms with Crippen molar-refractivity contribution in [1.29, 1.82) is 0 Å². The van der Waals surface area contributed by atoms with Crippen LogP contribution in [0.2, 0.25) is 0 Å². The number of nitrogens with zero attached hydrogens (tertiary/aromatic N) is 2.